The van der Waals surface area contributed by atoms with Crippen LogP contribution in [-0.2, 0) is 6.18 Å². The first-order valence-corrected chi connectivity index (χ1v) is 9.51. The van der Waals surface area contributed by atoms with Gasteiger partial charge in [-0.05, 0) is 50.7 Å². The quantitative estimate of drug-likeness (QED) is 0.655. The summed E-state index contributed by atoms with van der Waals surface area (Å²) < 4.78 is 40.4. The number of fused-ring (bicyclic) bond motifs is 1. The van der Waals surface area contributed by atoms with Crippen molar-refractivity contribution in [2.75, 3.05) is 25.5 Å². The highest BCUT2D eigenvalue weighted by Gasteiger charge is 2.31. The summed E-state index contributed by atoms with van der Waals surface area (Å²) >= 11 is 6.34. The molecule has 1 aliphatic heterocycles. The lowest BCUT2D eigenvalue weighted by Gasteiger charge is -2.30. The summed E-state index contributed by atoms with van der Waals surface area (Å²) in [4.78, 5) is 2.23. The average Bonchev–Trinajstić information content (AvgIpc) is 3.04. The van der Waals surface area contributed by atoms with Crippen LogP contribution in [0.25, 0.3) is 16.8 Å². The van der Waals surface area contributed by atoms with Gasteiger partial charge in [-0.1, -0.05) is 11.6 Å². The maximum Gasteiger partial charge on any atom is 0.416 e. The molecule has 4 rings (SSSR count). The van der Waals surface area contributed by atoms with E-state index in [0.29, 0.717) is 22.6 Å². The molecule has 3 aromatic rings. The van der Waals surface area contributed by atoms with E-state index in [4.69, 9.17) is 11.6 Å². The zero-order chi connectivity index (χ0) is 20.8. The predicted molar refractivity (Wildman–Crippen MR) is 104 cm³/mol. The normalized spacial score (nSPS) is 18.3. The molecule has 3 heterocycles. The van der Waals surface area contributed by atoms with E-state index in [0.717, 1.165) is 32.0 Å². The summed E-state index contributed by atoms with van der Waals surface area (Å²) in [6.07, 6.45) is -0.783. The molecule has 10 heteroatoms. The molecule has 1 saturated heterocycles. The van der Waals surface area contributed by atoms with E-state index < -0.39 is 17.5 Å². The van der Waals surface area contributed by atoms with Crippen molar-refractivity contribution < 1.29 is 18.3 Å². The summed E-state index contributed by atoms with van der Waals surface area (Å²) in [7, 11) is 2.05. The van der Waals surface area contributed by atoms with Crippen LogP contribution in [0.2, 0.25) is 5.02 Å². The van der Waals surface area contributed by atoms with Crippen molar-refractivity contribution in [3.8, 4) is 17.0 Å². The van der Waals surface area contributed by atoms with Crippen molar-refractivity contribution in [3.63, 3.8) is 0 Å². The molecule has 29 heavy (non-hydrogen) atoms. The second-order valence-electron chi connectivity index (χ2n) is 7.23. The molecule has 2 N–H and O–H groups in total. The molecule has 6 nitrogen and oxygen atoms in total. The number of nitrogens with one attached hydrogen (secondary N) is 1. The van der Waals surface area contributed by atoms with E-state index in [1.165, 1.54) is 6.07 Å². The van der Waals surface area contributed by atoms with E-state index >= 15 is 0 Å². The van der Waals surface area contributed by atoms with E-state index in [9.17, 15) is 18.3 Å². The number of likely N-dealkylation sites (tertiary alicyclic amines) is 1. The van der Waals surface area contributed by atoms with Crippen molar-refractivity contribution >= 4 is 23.1 Å². The van der Waals surface area contributed by atoms with Crippen LogP contribution < -0.4 is 5.32 Å². The summed E-state index contributed by atoms with van der Waals surface area (Å²) in [6, 6.07) is 4.60. The number of piperidine rings is 1. The number of nitrogens with zero attached hydrogens (tertiary/aromatic N) is 4. The SMILES string of the molecule is CN1CCC[C@@H](Nc2nnc(-c3ccc(C(F)(F)F)cc3O)c3c(Cl)ccn23)C1. The van der Waals surface area contributed by atoms with Crippen molar-refractivity contribution in [1.29, 1.82) is 0 Å². The fourth-order valence-corrected chi connectivity index (χ4v) is 3.90. The van der Waals surface area contributed by atoms with Crippen LogP contribution in [-0.4, -0.2) is 50.8 Å². The Morgan fingerprint density at radius 2 is 2.03 bits per heavy atom. The average molecular weight is 426 g/mol. The maximum absolute atomic E-state index is 12.9. The van der Waals surface area contributed by atoms with Crippen LogP contribution in [0.15, 0.2) is 30.5 Å². The van der Waals surface area contributed by atoms with Gasteiger partial charge in [-0.2, -0.15) is 13.2 Å². The fourth-order valence-electron chi connectivity index (χ4n) is 3.66. The van der Waals surface area contributed by atoms with Crippen molar-refractivity contribution in [1.82, 2.24) is 19.5 Å². The zero-order valence-corrected chi connectivity index (χ0v) is 16.3. The van der Waals surface area contributed by atoms with Gasteiger partial charge in [0.25, 0.3) is 0 Å². The summed E-state index contributed by atoms with van der Waals surface area (Å²) in [5.74, 6) is -0.0507. The number of hydrogen-bond donors (Lipinski definition) is 2. The van der Waals surface area contributed by atoms with Crippen LogP contribution in [0.5, 0.6) is 5.75 Å². The van der Waals surface area contributed by atoms with Crippen LogP contribution in [0.3, 0.4) is 0 Å². The molecule has 0 unspecified atom stereocenters. The number of phenols is 1. The van der Waals surface area contributed by atoms with E-state index in [2.05, 4.69) is 27.5 Å². The molecule has 2 aromatic heterocycles. The van der Waals surface area contributed by atoms with Crippen LogP contribution in [0, 0.1) is 0 Å². The number of hydrogen-bond acceptors (Lipinski definition) is 5. The number of halogens is 4. The van der Waals surface area contributed by atoms with E-state index in [1.54, 1.807) is 16.7 Å². The molecule has 0 amide bonds. The lowest BCUT2D eigenvalue weighted by Crippen LogP contribution is -2.40. The minimum absolute atomic E-state index is 0.125. The largest absolute Gasteiger partial charge is 0.507 e. The first-order valence-electron chi connectivity index (χ1n) is 9.13. The molecule has 154 valence electrons. The zero-order valence-electron chi connectivity index (χ0n) is 15.5. The third-order valence-electron chi connectivity index (χ3n) is 5.07. The minimum Gasteiger partial charge on any atom is -0.507 e. The molecule has 1 aromatic carbocycles. The number of rotatable bonds is 3. The Labute approximate surface area is 169 Å². The number of phenolic OH excluding ortho intramolecular Hbond substituents is 1. The first kappa shape index (κ1) is 19.8. The Morgan fingerprint density at radius 1 is 1.24 bits per heavy atom. The molecular formula is C19H19ClF3N5O. The van der Waals surface area contributed by atoms with Crippen molar-refractivity contribution in [3.05, 3.63) is 41.0 Å². The number of benzene rings is 1. The van der Waals surface area contributed by atoms with Crippen LogP contribution in [0.1, 0.15) is 18.4 Å². The van der Waals surface area contributed by atoms with Gasteiger partial charge in [0.05, 0.1) is 16.1 Å². The van der Waals surface area contributed by atoms with Crippen LogP contribution in [0.4, 0.5) is 19.1 Å². The molecule has 0 radical (unpaired) electrons. The highest BCUT2D eigenvalue weighted by molar-refractivity contribution is 6.34. The summed E-state index contributed by atoms with van der Waals surface area (Å²) in [6.45, 7) is 1.90. The summed E-state index contributed by atoms with van der Waals surface area (Å²) in [5, 5.41) is 22.3. The second kappa shape index (κ2) is 7.38. The third kappa shape index (κ3) is 3.84. The van der Waals surface area contributed by atoms with Gasteiger partial charge in [0, 0.05) is 24.3 Å². The van der Waals surface area contributed by atoms with Gasteiger partial charge in [-0.3, -0.25) is 4.40 Å². The van der Waals surface area contributed by atoms with Gasteiger partial charge >= 0.3 is 6.18 Å². The topological polar surface area (TPSA) is 65.7 Å². The van der Waals surface area contributed by atoms with Crippen molar-refractivity contribution in [2.45, 2.75) is 25.1 Å². The highest BCUT2D eigenvalue weighted by atomic mass is 35.5. The van der Waals surface area contributed by atoms with Gasteiger partial charge < -0.3 is 15.3 Å². The lowest BCUT2D eigenvalue weighted by atomic mass is 10.1. The maximum atomic E-state index is 12.9. The standard InChI is InChI=1S/C19H19ClF3N5O/c1-27-7-2-3-12(10-27)24-18-26-25-16(17-14(20)6-8-28(17)18)13-5-4-11(9-15(13)29)19(21,22)23/h4-6,8-9,12,29H,2-3,7,10H2,1H3,(H,24,26)/t12-/m1/s1. The minimum atomic E-state index is -4.55. The Balaban J connectivity index is 1.75. The highest BCUT2D eigenvalue weighted by Crippen LogP contribution is 2.38. The molecule has 0 spiro atoms. The number of likely N-dealkylation sites (N-methyl/N-ethyl adjacent to an activating group) is 1. The monoisotopic (exact) mass is 425 g/mol. The first-order chi connectivity index (χ1) is 13.7. The molecule has 0 bridgehead atoms. The molecule has 0 saturated carbocycles. The molecule has 1 aliphatic rings. The van der Waals surface area contributed by atoms with Gasteiger partial charge in [-0.15, -0.1) is 10.2 Å². The van der Waals surface area contributed by atoms with Crippen molar-refractivity contribution in [2.24, 2.45) is 0 Å². The number of aromatic hydroxyl groups is 1. The molecule has 1 atom stereocenters. The fraction of sp³-hybridized carbons (Fsp3) is 0.368. The van der Waals surface area contributed by atoms with E-state index in [-0.39, 0.29) is 17.3 Å². The Bertz CT molecular complexity index is 1050. The number of alkyl halides is 3. The number of aromatic nitrogens is 3. The van der Waals surface area contributed by atoms with Gasteiger partial charge in [-0.25, -0.2) is 0 Å². The summed E-state index contributed by atoms with van der Waals surface area (Å²) in [5.41, 5.74) is -0.148. The Morgan fingerprint density at radius 3 is 2.72 bits per heavy atom. The molecule has 1 fully saturated rings. The Hall–Kier alpha value is -2.52. The van der Waals surface area contributed by atoms with Gasteiger partial charge in [0.2, 0.25) is 5.95 Å². The molecular weight excluding hydrogens is 407 g/mol. The van der Waals surface area contributed by atoms with Gasteiger partial charge in [0.1, 0.15) is 11.4 Å². The molecule has 0 aliphatic carbocycles. The predicted octanol–water partition coefficient (Wildman–Crippen LogP) is 4.28. The van der Waals surface area contributed by atoms with Crippen LogP contribution >= 0.6 is 11.6 Å². The van der Waals surface area contributed by atoms with Gasteiger partial charge in [0.15, 0.2) is 0 Å². The smallest absolute Gasteiger partial charge is 0.416 e. The second-order valence-corrected chi connectivity index (χ2v) is 7.64. The number of anilines is 1. The third-order valence-corrected chi connectivity index (χ3v) is 5.38. The van der Waals surface area contributed by atoms with E-state index in [1.807, 2.05) is 0 Å². The lowest BCUT2D eigenvalue weighted by molar-refractivity contribution is -0.137. The Kier molecular flexibility index (Phi) is 5.04.